The van der Waals surface area contributed by atoms with Gasteiger partial charge >= 0.3 is 0 Å². The quantitative estimate of drug-likeness (QED) is 0.747. The molecule has 0 amide bonds. The maximum atomic E-state index is 4.37. The molecule has 3 aromatic rings. The summed E-state index contributed by atoms with van der Waals surface area (Å²) in [4.78, 5) is 12.9. The van der Waals surface area contributed by atoms with Crippen LogP contribution in [-0.4, -0.2) is 40.6 Å². The van der Waals surface area contributed by atoms with Crippen molar-refractivity contribution in [3.63, 3.8) is 0 Å². The van der Waals surface area contributed by atoms with E-state index < -0.39 is 0 Å². The first-order chi connectivity index (χ1) is 10.2. The summed E-state index contributed by atoms with van der Waals surface area (Å²) in [6.07, 6.45) is 5.09. The van der Waals surface area contributed by atoms with E-state index in [1.54, 1.807) is 17.3 Å². The number of rotatable bonds is 2. The van der Waals surface area contributed by atoms with E-state index in [4.69, 9.17) is 0 Å². The average Bonchev–Trinajstić information content (AvgIpc) is 3.04. The minimum Gasteiger partial charge on any atom is -0.365 e. The van der Waals surface area contributed by atoms with Crippen LogP contribution in [0.3, 0.4) is 0 Å². The first kappa shape index (κ1) is 12.7. The molecule has 0 aliphatic carbocycles. The van der Waals surface area contributed by atoms with Gasteiger partial charge < -0.3 is 5.32 Å². The molecule has 3 aromatic heterocycles. The van der Waals surface area contributed by atoms with E-state index in [1.807, 2.05) is 11.7 Å². The minimum atomic E-state index is 0.268. The number of nitrogens with zero attached hydrogens (tertiary/aromatic N) is 7. The van der Waals surface area contributed by atoms with Gasteiger partial charge in [0, 0.05) is 19.5 Å². The Kier molecular flexibility index (Phi) is 2.88. The molecule has 0 saturated carbocycles. The van der Waals surface area contributed by atoms with Crippen LogP contribution in [0.1, 0.15) is 12.2 Å². The highest BCUT2D eigenvalue weighted by Crippen LogP contribution is 2.28. The summed E-state index contributed by atoms with van der Waals surface area (Å²) in [6.45, 7) is 0.790. The maximum Gasteiger partial charge on any atom is 0.164 e. The van der Waals surface area contributed by atoms with Crippen LogP contribution in [0.15, 0.2) is 17.3 Å². The number of hydrogen-bond acceptors (Lipinski definition) is 6. The van der Waals surface area contributed by atoms with Gasteiger partial charge in [0.25, 0.3) is 0 Å². The van der Waals surface area contributed by atoms with Crippen molar-refractivity contribution in [2.45, 2.75) is 25.4 Å². The lowest BCUT2D eigenvalue weighted by molar-refractivity contribution is 0.441. The molecule has 0 spiro atoms. The molecule has 1 aliphatic heterocycles. The lowest BCUT2D eigenvalue weighted by Crippen LogP contribution is -2.32. The lowest BCUT2D eigenvalue weighted by atomic mass is 10.1. The number of halogens is 1. The molecular weight excluding hydrogens is 336 g/mol. The highest BCUT2D eigenvalue weighted by Gasteiger charge is 2.22. The molecule has 8 nitrogen and oxygen atoms in total. The molecule has 4 heterocycles. The molecule has 1 aliphatic rings. The van der Waals surface area contributed by atoms with Gasteiger partial charge in [-0.1, -0.05) is 0 Å². The lowest BCUT2D eigenvalue weighted by Gasteiger charge is -2.24. The van der Waals surface area contributed by atoms with Crippen LogP contribution in [0.5, 0.6) is 0 Å². The molecule has 0 unspecified atom stereocenters. The number of aryl methyl sites for hydroxylation is 2. The molecular formula is C12H13BrN8. The predicted molar refractivity (Wildman–Crippen MR) is 79.8 cm³/mol. The first-order valence-electron chi connectivity index (χ1n) is 6.69. The van der Waals surface area contributed by atoms with Crippen LogP contribution in [-0.2, 0) is 20.0 Å². The van der Waals surface area contributed by atoms with Crippen LogP contribution in [0.2, 0.25) is 0 Å². The third-order valence-electron chi connectivity index (χ3n) is 3.72. The third-order valence-corrected chi connectivity index (χ3v) is 4.28. The Labute approximate surface area is 128 Å². The molecule has 0 fully saturated rings. The van der Waals surface area contributed by atoms with E-state index in [0.29, 0.717) is 0 Å². The Hall–Kier alpha value is -2.03. The summed E-state index contributed by atoms with van der Waals surface area (Å²) in [5, 5.41) is 13.0. The predicted octanol–water partition coefficient (Wildman–Crippen LogP) is 1.14. The maximum absolute atomic E-state index is 4.37. The van der Waals surface area contributed by atoms with Gasteiger partial charge in [-0.05, 0) is 22.4 Å². The largest absolute Gasteiger partial charge is 0.365 e. The van der Waals surface area contributed by atoms with Crippen LogP contribution in [0.4, 0.5) is 5.82 Å². The molecule has 21 heavy (non-hydrogen) atoms. The Bertz CT molecular complexity index is 807. The number of hydrogen-bond donors (Lipinski definition) is 1. The van der Waals surface area contributed by atoms with Gasteiger partial charge in [-0.15, -0.1) is 0 Å². The van der Waals surface area contributed by atoms with Crippen LogP contribution in [0, 0.1) is 0 Å². The number of nitrogens with one attached hydrogen (secondary N) is 1. The Morgan fingerprint density at radius 3 is 3.10 bits per heavy atom. The van der Waals surface area contributed by atoms with Crippen molar-refractivity contribution < 1.29 is 0 Å². The fourth-order valence-electron chi connectivity index (χ4n) is 2.70. The van der Waals surface area contributed by atoms with Crippen molar-refractivity contribution in [2.24, 2.45) is 7.05 Å². The smallest absolute Gasteiger partial charge is 0.164 e. The Morgan fingerprint density at radius 1 is 1.29 bits per heavy atom. The van der Waals surface area contributed by atoms with Gasteiger partial charge in [-0.25, -0.2) is 24.3 Å². The number of aromatic nitrogens is 7. The Morgan fingerprint density at radius 2 is 2.19 bits per heavy atom. The molecule has 0 radical (unpaired) electrons. The highest BCUT2D eigenvalue weighted by atomic mass is 79.9. The van der Waals surface area contributed by atoms with E-state index in [1.165, 1.54) is 0 Å². The second-order valence-electron chi connectivity index (χ2n) is 5.07. The molecule has 0 aromatic carbocycles. The van der Waals surface area contributed by atoms with Gasteiger partial charge in [0.05, 0.1) is 11.9 Å². The summed E-state index contributed by atoms with van der Waals surface area (Å²) in [6, 6.07) is 0.268. The van der Waals surface area contributed by atoms with Crippen molar-refractivity contribution in [2.75, 3.05) is 5.32 Å². The van der Waals surface area contributed by atoms with Crippen LogP contribution in [0.25, 0.3) is 11.0 Å². The van der Waals surface area contributed by atoms with Crippen molar-refractivity contribution in [1.29, 1.82) is 0 Å². The van der Waals surface area contributed by atoms with Gasteiger partial charge in [0.15, 0.2) is 5.65 Å². The van der Waals surface area contributed by atoms with E-state index >= 15 is 0 Å². The van der Waals surface area contributed by atoms with Crippen molar-refractivity contribution in [3.8, 4) is 0 Å². The fourth-order valence-corrected chi connectivity index (χ4v) is 3.30. The molecule has 1 atom stereocenters. The highest BCUT2D eigenvalue weighted by molar-refractivity contribution is 9.10. The summed E-state index contributed by atoms with van der Waals surface area (Å²) in [5.74, 6) is 1.84. The van der Waals surface area contributed by atoms with Gasteiger partial charge in [0.1, 0.15) is 28.9 Å². The normalized spacial score (nSPS) is 17.9. The Balaban J connectivity index is 1.66. The minimum absolute atomic E-state index is 0.268. The van der Waals surface area contributed by atoms with Crippen molar-refractivity contribution in [1.82, 2.24) is 34.5 Å². The summed E-state index contributed by atoms with van der Waals surface area (Å²) in [7, 11) is 1.87. The number of fused-ring (bicyclic) bond motifs is 2. The van der Waals surface area contributed by atoms with Gasteiger partial charge in [-0.3, -0.25) is 0 Å². The molecule has 1 N–H and O–H groups in total. The van der Waals surface area contributed by atoms with Gasteiger partial charge in [0.2, 0.25) is 0 Å². The zero-order chi connectivity index (χ0) is 14.4. The first-order valence-corrected chi connectivity index (χ1v) is 7.48. The second-order valence-corrected chi connectivity index (χ2v) is 5.82. The monoisotopic (exact) mass is 348 g/mol. The van der Waals surface area contributed by atoms with E-state index in [0.717, 1.165) is 46.7 Å². The third kappa shape index (κ3) is 2.08. The van der Waals surface area contributed by atoms with E-state index in [2.05, 4.69) is 46.4 Å². The van der Waals surface area contributed by atoms with Gasteiger partial charge in [-0.2, -0.15) is 10.2 Å². The summed E-state index contributed by atoms with van der Waals surface area (Å²) >= 11 is 3.47. The second kappa shape index (κ2) is 4.76. The molecule has 0 saturated heterocycles. The van der Waals surface area contributed by atoms with Crippen LogP contribution >= 0.6 is 15.9 Å². The SMILES string of the molecule is Cn1nc(Br)c2c(N[C@@H]3CCc4ncnn4C3)ncnc21. The van der Waals surface area contributed by atoms with E-state index in [9.17, 15) is 0 Å². The average molecular weight is 349 g/mol. The zero-order valence-corrected chi connectivity index (χ0v) is 12.9. The zero-order valence-electron chi connectivity index (χ0n) is 11.4. The fraction of sp³-hybridized carbons (Fsp3) is 0.417. The van der Waals surface area contributed by atoms with Crippen molar-refractivity contribution in [3.05, 3.63) is 23.1 Å². The van der Waals surface area contributed by atoms with Crippen molar-refractivity contribution >= 4 is 32.8 Å². The summed E-state index contributed by atoms with van der Waals surface area (Å²) < 4.78 is 4.43. The molecule has 0 bridgehead atoms. The topological polar surface area (TPSA) is 86.3 Å². The summed E-state index contributed by atoms with van der Waals surface area (Å²) in [5.41, 5.74) is 0.802. The standard InChI is InChI=1S/C12H13BrN8/c1-20-12-9(10(13)19-20)11(15-5-16-12)18-7-2-3-8-14-6-17-21(8)4-7/h5-7H,2-4H2,1H3,(H,15,16,18)/t7-/m1/s1. The molecule has 4 rings (SSSR count). The van der Waals surface area contributed by atoms with E-state index in [-0.39, 0.29) is 6.04 Å². The molecule has 108 valence electrons. The van der Waals surface area contributed by atoms with Crippen LogP contribution < -0.4 is 5.32 Å². The number of anilines is 1. The molecule has 9 heteroatoms.